The lowest BCUT2D eigenvalue weighted by Crippen LogP contribution is -2.45. The van der Waals surface area contributed by atoms with E-state index in [-0.39, 0.29) is 29.9 Å². The maximum absolute atomic E-state index is 14.1. The van der Waals surface area contributed by atoms with E-state index in [0.717, 1.165) is 6.07 Å². The summed E-state index contributed by atoms with van der Waals surface area (Å²) in [5.41, 5.74) is -2.47. The van der Waals surface area contributed by atoms with Crippen molar-refractivity contribution < 1.29 is 31.9 Å². The molecule has 1 amide bonds. The summed E-state index contributed by atoms with van der Waals surface area (Å²) in [7, 11) is 0. The van der Waals surface area contributed by atoms with Gasteiger partial charge in [-0.3, -0.25) is 9.78 Å². The number of hydrogen-bond acceptors (Lipinski definition) is 4. The highest BCUT2D eigenvalue weighted by Crippen LogP contribution is 2.40. The minimum absolute atomic E-state index is 0.0233. The number of fused-ring (bicyclic) bond motifs is 1. The molecule has 0 aliphatic carbocycles. The van der Waals surface area contributed by atoms with E-state index < -0.39 is 41.2 Å². The number of aliphatic hydroxyl groups is 1. The molecule has 0 radical (unpaired) electrons. The third-order valence-corrected chi connectivity index (χ3v) is 5.64. The van der Waals surface area contributed by atoms with Gasteiger partial charge in [-0.2, -0.15) is 13.2 Å². The second kappa shape index (κ2) is 7.91. The van der Waals surface area contributed by atoms with Crippen LogP contribution in [-0.4, -0.2) is 43.2 Å². The smallest absolute Gasteiger partial charge is 0.374 e. The van der Waals surface area contributed by atoms with Gasteiger partial charge in [0, 0.05) is 29.9 Å². The Kier molecular flexibility index (Phi) is 5.47. The first-order valence-electron chi connectivity index (χ1n) is 9.96. The van der Waals surface area contributed by atoms with Gasteiger partial charge in [-0.25, -0.2) is 13.8 Å². The maximum Gasteiger partial charge on any atom is 0.424 e. The number of aromatic nitrogens is 3. The topological polar surface area (TPSA) is 71.2 Å². The summed E-state index contributed by atoms with van der Waals surface area (Å²) in [6.45, 7) is 2.28. The fourth-order valence-corrected chi connectivity index (χ4v) is 3.90. The number of rotatable bonds is 3. The molecule has 2 atom stereocenters. The van der Waals surface area contributed by atoms with Crippen molar-refractivity contribution in [3.05, 3.63) is 71.4 Å². The van der Waals surface area contributed by atoms with Crippen LogP contribution < -0.4 is 0 Å². The van der Waals surface area contributed by atoms with Gasteiger partial charge in [0.05, 0.1) is 30.2 Å². The van der Waals surface area contributed by atoms with Crippen molar-refractivity contribution in [3.8, 4) is 11.3 Å². The highest BCUT2D eigenvalue weighted by Gasteiger charge is 2.55. The molecule has 0 saturated carbocycles. The van der Waals surface area contributed by atoms with Gasteiger partial charge >= 0.3 is 6.18 Å². The van der Waals surface area contributed by atoms with Gasteiger partial charge in [-0.15, -0.1) is 0 Å². The fourth-order valence-electron chi connectivity index (χ4n) is 3.90. The van der Waals surface area contributed by atoms with Gasteiger partial charge < -0.3 is 14.6 Å². The number of benzene rings is 1. The molecule has 6 nitrogen and oxygen atoms in total. The van der Waals surface area contributed by atoms with Crippen molar-refractivity contribution >= 4 is 5.91 Å². The van der Waals surface area contributed by atoms with E-state index in [1.807, 2.05) is 0 Å². The van der Waals surface area contributed by atoms with Crippen molar-refractivity contribution in [2.24, 2.45) is 0 Å². The van der Waals surface area contributed by atoms with E-state index in [9.17, 15) is 31.9 Å². The summed E-state index contributed by atoms with van der Waals surface area (Å²) in [4.78, 5) is 22.4. The number of alkyl halides is 3. The molecule has 1 N–H and O–H groups in total. The number of amides is 1. The molecule has 174 valence electrons. The largest absolute Gasteiger partial charge is 0.424 e. The minimum Gasteiger partial charge on any atom is -0.374 e. The van der Waals surface area contributed by atoms with Crippen LogP contribution in [0.3, 0.4) is 0 Å². The van der Waals surface area contributed by atoms with Crippen LogP contribution in [0.15, 0.2) is 42.7 Å². The first-order chi connectivity index (χ1) is 15.4. The van der Waals surface area contributed by atoms with Crippen LogP contribution in [0.25, 0.3) is 11.3 Å². The molecule has 3 aromatic rings. The van der Waals surface area contributed by atoms with Crippen LogP contribution in [0.1, 0.15) is 41.8 Å². The van der Waals surface area contributed by atoms with Gasteiger partial charge in [0.2, 0.25) is 5.60 Å². The number of hydrogen-bond donors (Lipinski definition) is 1. The number of nitrogens with zero attached hydrogens (tertiary/aromatic N) is 4. The third kappa shape index (κ3) is 3.97. The molecule has 1 aliphatic rings. The molecule has 0 saturated heterocycles. The summed E-state index contributed by atoms with van der Waals surface area (Å²) < 4.78 is 68.6. The molecule has 0 bridgehead atoms. The van der Waals surface area contributed by atoms with E-state index >= 15 is 0 Å². The molecule has 2 aromatic heterocycles. The standard InChI is InChI=1S/C22H19F5N4O2/c1-12-10-30(11-15-9-29-20(31(12)15)21(2,33)22(25,26)27)19(32)13-5-6-28-18(7-13)16-4-3-14(23)8-17(16)24/h3-9,12,33H,10-11H2,1-2H3/t12-,21+/m0/s1. The molecule has 1 aromatic carbocycles. The van der Waals surface area contributed by atoms with E-state index in [1.165, 1.54) is 40.1 Å². The van der Waals surface area contributed by atoms with Crippen LogP contribution in [0, 0.1) is 11.6 Å². The Morgan fingerprint density at radius 3 is 2.55 bits per heavy atom. The van der Waals surface area contributed by atoms with Gasteiger partial charge in [-0.1, -0.05) is 0 Å². The normalized spacial score (nSPS) is 18.1. The molecule has 1 aliphatic heterocycles. The van der Waals surface area contributed by atoms with Crippen LogP contribution in [-0.2, 0) is 12.1 Å². The summed E-state index contributed by atoms with van der Waals surface area (Å²) in [5.74, 6) is -2.55. The Balaban J connectivity index is 1.62. The lowest BCUT2D eigenvalue weighted by molar-refractivity contribution is -0.263. The van der Waals surface area contributed by atoms with Crippen LogP contribution in [0.5, 0.6) is 0 Å². The highest BCUT2D eigenvalue weighted by molar-refractivity contribution is 5.95. The Hall–Kier alpha value is -3.34. The van der Waals surface area contributed by atoms with Crippen molar-refractivity contribution in [2.45, 2.75) is 38.2 Å². The van der Waals surface area contributed by atoms with Gasteiger partial charge in [0.1, 0.15) is 11.6 Å². The van der Waals surface area contributed by atoms with Gasteiger partial charge in [-0.05, 0) is 38.1 Å². The van der Waals surface area contributed by atoms with Crippen molar-refractivity contribution in [1.82, 2.24) is 19.4 Å². The predicted octanol–water partition coefficient (Wildman–Crippen LogP) is 4.21. The Morgan fingerprint density at radius 1 is 1.15 bits per heavy atom. The second-order valence-corrected chi connectivity index (χ2v) is 8.10. The SMILES string of the molecule is C[C@H]1CN(C(=O)c2ccnc(-c3ccc(F)cc3F)c2)Cc2cnc([C@@](C)(O)C(F)(F)F)n21. The average molecular weight is 466 g/mol. The van der Waals surface area contributed by atoms with E-state index in [1.54, 1.807) is 6.92 Å². The van der Waals surface area contributed by atoms with E-state index in [0.29, 0.717) is 18.7 Å². The molecule has 11 heteroatoms. The minimum atomic E-state index is -4.93. The first-order valence-corrected chi connectivity index (χ1v) is 9.96. The molecule has 0 spiro atoms. The first kappa shape index (κ1) is 22.8. The molecular weight excluding hydrogens is 447 g/mol. The number of halogens is 5. The Morgan fingerprint density at radius 2 is 1.88 bits per heavy atom. The predicted molar refractivity (Wildman–Crippen MR) is 107 cm³/mol. The summed E-state index contributed by atoms with van der Waals surface area (Å²) >= 11 is 0. The molecule has 3 heterocycles. The zero-order chi connectivity index (χ0) is 24.1. The Bertz CT molecular complexity index is 1220. The molecule has 0 fully saturated rings. The molecule has 33 heavy (non-hydrogen) atoms. The van der Waals surface area contributed by atoms with Crippen molar-refractivity contribution in [1.29, 1.82) is 0 Å². The van der Waals surface area contributed by atoms with Crippen LogP contribution in [0.2, 0.25) is 0 Å². The fraction of sp³-hybridized carbons (Fsp3) is 0.318. The van der Waals surface area contributed by atoms with E-state index in [4.69, 9.17) is 0 Å². The summed E-state index contributed by atoms with van der Waals surface area (Å²) in [6.07, 6.45) is -2.40. The van der Waals surface area contributed by atoms with Crippen molar-refractivity contribution in [3.63, 3.8) is 0 Å². The van der Waals surface area contributed by atoms with E-state index in [2.05, 4.69) is 9.97 Å². The number of pyridine rings is 1. The van der Waals surface area contributed by atoms with Crippen LogP contribution >= 0.6 is 0 Å². The monoisotopic (exact) mass is 466 g/mol. The Labute approximate surface area is 185 Å². The third-order valence-electron chi connectivity index (χ3n) is 5.64. The highest BCUT2D eigenvalue weighted by atomic mass is 19.4. The molecule has 4 rings (SSSR count). The molecular formula is C22H19F5N4O2. The molecule has 0 unspecified atom stereocenters. The lowest BCUT2D eigenvalue weighted by atomic mass is 10.0. The van der Waals surface area contributed by atoms with Crippen LogP contribution in [0.4, 0.5) is 22.0 Å². The summed E-state index contributed by atoms with van der Waals surface area (Å²) in [6, 6.07) is 5.22. The lowest BCUT2D eigenvalue weighted by Gasteiger charge is -2.36. The van der Waals surface area contributed by atoms with Crippen molar-refractivity contribution in [2.75, 3.05) is 6.54 Å². The second-order valence-electron chi connectivity index (χ2n) is 8.10. The summed E-state index contributed by atoms with van der Waals surface area (Å²) in [5, 5.41) is 10.1. The zero-order valence-electron chi connectivity index (χ0n) is 17.6. The quantitative estimate of drug-likeness (QED) is 0.587. The number of carbonyl (C=O) groups is 1. The average Bonchev–Trinajstić information content (AvgIpc) is 3.18. The van der Waals surface area contributed by atoms with Gasteiger partial charge in [0.15, 0.2) is 5.82 Å². The van der Waals surface area contributed by atoms with Gasteiger partial charge in [0.25, 0.3) is 5.91 Å². The maximum atomic E-state index is 14.1. The number of carbonyl (C=O) groups excluding carboxylic acids is 1. The zero-order valence-corrected chi connectivity index (χ0v) is 17.6. The number of imidazole rings is 1.